The van der Waals surface area contributed by atoms with E-state index in [2.05, 4.69) is 5.32 Å². The molecule has 0 radical (unpaired) electrons. The SMILES string of the molecule is Cc1ccc(S(=O)(=O)N2C(=O)CC[C@H]2C(=O)NCc2ccccc2Cl)cc1. The number of carbonyl (C=O) groups is 2. The number of aryl methyl sites for hydroxylation is 1. The minimum atomic E-state index is -4.09. The quantitative estimate of drug-likeness (QED) is 0.827. The van der Waals surface area contributed by atoms with Gasteiger partial charge < -0.3 is 5.32 Å². The Bertz CT molecular complexity index is 973. The van der Waals surface area contributed by atoms with Gasteiger partial charge in [0.15, 0.2) is 0 Å². The number of nitrogens with zero attached hydrogens (tertiary/aromatic N) is 1. The molecule has 1 aliphatic heterocycles. The highest BCUT2D eigenvalue weighted by Crippen LogP contribution is 2.27. The lowest BCUT2D eigenvalue weighted by molar-refractivity contribution is -0.130. The molecule has 142 valence electrons. The molecule has 8 heteroatoms. The van der Waals surface area contributed by atoms with Crippen LogP contribution >= 0.6 is 11.6 Å². The maximum atomic E-state index is 12.9. The summed E-state index contributed by atoms with van der Waals surface area (Å²) in [7, 11) is -4.09. The fraction of sp³-hybridized carbons (Fsp3) is 0.263. The summed E-state index contributed by atoms with van der Waals surface area (Å²) >= 11 is 6.07. The first-order chi connectivity index (χ1) is 12.8. The fourth-order valence-electron chi connectivity index (χ4n) is 2.97. The van der Waals surface area contributed by atoms with Crippen LogP contribution < -0.4 is 5.32 Å². The molecule has 0 spiro atoms. The van der Waals surface area contributed by atoms with Crippen molar-refractivity contribution >= 4 is 33.4 Å². The van der Waals surface area contributed by atoms with Crippen LogP contribution in [0, 0.1) is 6.92 Å². The number of sulfonamides is 1. The zero-order valence-electron chi connectivity index (χ0n) is 14.7. The van der Waals surface area contributed by atoms with Gasteiger partial charge in [-0.15, -0.1) is 0 Å². The van der Waals surface area contributed by atoms with Gasteiger partial charge in [-0.2, -0.15) is 0 Å². The molecule has 0 aromatic heterocycles. The van der Waals surface area contributed by atoms with E-state index in [-0.39, 0.29) is 24.3 Å². The van der Waals surface area contributed by atoms with Crippen LogP contribution in [-0.4, -0.2) is 30.6 Å². The van der Waals surface area contributed by atoms with Crippen LogP contribution in [0.1, 0.15) is 24.0 Å². The molecular formula is C19H19ClN2O4S. The summed E-state index contributed by atoms with van der Waals surface area (Å²) in [5.41, 5.74) is 1.61. The second kappa shape index (κ2) is 7.70. The van der Waals surface area contributed by atoms with E-state index in [1.54, 1.807) is 36.4 Å². The van der Waals surface area contributed by atoms with Crippen LogP contribution in [0.5, 0.6) is 0 Å². The topological polar surface area (TPSA) is 83.6 Å². The van der Waals surface area contributed by atoms with Crippen LogP contribution in [0.25, 0.3) is 0 Å². The Morgan fingerprint density at radius 1 is 1.19 bits per heavy atom. The fourth-order valence-corrected chi connectivity index (χ4v) is 4.77. The number of hydrogen-bond acceptors (Lipinski definition) is 4. The minimum Gasteiger partial charge on any atom is -0.350 e. The third-order valence-electron chi connectivity index (χ3n) is 4.45. The molecule has 3 rings (SSSR count). The summed E-state index contributed by atoms with van der Waals surface area (Å²) in [5, 5.41) is 3.19. The summed E-state index contributed by atoms with van der Waals surface area (Å²) < 4.78 is 26.5. The highest BCUT2D eigenvalue weighted by molar-refractivity contribution is 7.89. The van der Waals surface area contributed by atoms with Gasteiger partial charge in [0.05, 0.1) is 4.90 Å². The first-order valence-electron chi connectivity index (χ1n) is 8.46. The molecule has 1 atom stereocenters. The lowest BCUT2D eigenvalue weighted by atomic mass is 10.2. The average molecular weight is 407 g/mol. The Morgan fingerprint density at radius 2 is 1.85 bits per heavy atom. The summed E-state index contributed by atoms with van der Waals surface area (Å²) in [6.07, 6.45) is 0.160. The van der Waals surface area contributed by atoms with Gasteiger partial charge in [-0.05, 0) is 37.1 Å². The molecule has 1 saturated heterocycles. The Labute approximate surface area is 163 Å². The van der Waals surface area contributed by atoms with Gasteiger partial charge in [0, 0.05) is 18.0 Å². The van der Waals surface area contributed by atoms with Crippen LogP contribution in [0.4, 0.5) is 0 Å². The minimum absolute atomic E-state index is 0.00717. The van der Waals surface area contributed by atoms with Crippen LogP contribution in [0.3, 0.4) is 0 Å². The molecule has 0 saturated carbocycles. The maximum absolute atomic E-state index is 12.9. The van der Waals surface area contributed by atoms with Crippen molar-refractivity contribution in [3.05, 3.63) is 64.7 Å². The zero-order chi connectivity index (χ0) is 19.6. The van der Waals surface area contributed by atoms with Gasteiger partial charge >= 0.3 is 0 Å². The molecule has 2 aromatic rings. The Hall–Kier alpha value is -2.38. The lowest BCUT2D eigenvalue weighted by Crippen LogP contribution is -2.47. The number of nitrogens with one attached hydrogen (secondary N) is 1. The van der Waals surface area contributed by atoms with Crippen LogP contribution in [0.2, 0.25) is 5.02 Å². The van der Waals surface area contributed by atoms with Gasteiger partial charge in [0.25, 0.3) is 10.0 Å². The molecule has 0 bridgehead atoms. The number of carbonyl (C=O) groups excluding carboxylic acids is 2. The Morgan fingerprint density at radius 3 is 2.52 bits per heavy atom. The zero-order valence-corrected chi connectivity index (χ0v) is 16.3. The van der Waals surface area contributed by atoms with Crippen LogP contribution in [-0.2, 0) is 26.2 Å². The van der Waals surface area contributed by atoms with E-state index in [0.717, 1.165) is 5.56 Å². The highest BCUT2D eigenvalue weighted by Gasteiger charge is 2.44. The predicted octanol–water partition coefficient (Wildman–Crippen LogP) is 2.64. The van der Waals surface area contributed by atoms with Crippen molar-refractivity contribution in [1.82, 2.24) is 9.62 Å². The smallest absolute Gasteiger partial charge is 0.267 e. The second-order valence-corrected chi connectivity index (χ2v) is 8.59. The third-order valence-corrected chi connectivity index (χ3v) is 6.66. The van der Waals surface area contributed by atoms with E-state index in [0.29, 0.717) is 14.9 Å². The maximum Gasteiger partial charge on any atom is 0.267 e. The summed E-state index contributed by atoms with van der Waals surface area (Å²) in [6, 6.07) is 12.2. The van der Waals surface area contributed by atoms with E-state index >= 15 is 0 Å². The molecule has 27 heavy (non-hydrogen) atoms. The number of benzene rings is 2. The van der Waals surface area contributed by atoms with Gasteiger partial charge in [0.2, 0.25) is 11.8 Å². The average Bonchev–Trinajstić information content (AvgIpc) is 3.03. The summed E-state index contributed by atoms with van der Waals surface area (Å²) in [5.74, 6) is -1.09. The predicted molar refractivity (Wildman–Crippen MR) is 102 cm³/mol. The molecule has 1 heterocycles. The molecule has 1 N–H and O–H groups in total. The van der Waals surface area contributed by atoms with Gasteiger partial charge in [-0.1, -0.05) is 47.5 Å². The van der Waals surface area contributed by atoms with E-state index < -0.39 is 27.9 Å². The summed E-state index contributed by atoms with van der Waals surface area (Å²) in [4.78, 5) is 24.8. The molecule has 0 unspecified atom stereocenters. The monoisotopic (exact) mass is 406 g/mol. The molecule has 2 aromatic carbocycles. The Kier molecular flexibility index (Phi) is 5.53. The van der Waals surface area contributed by atoms with Crippen molar-refractivity contribution in [3.8, 4) is 0 Å². The highest BCUT2D eigenvalue weighted by atomic mass is 35.5. The Balaban J connectivity index is 1.80. The van der Waals surface area contributed by atoms with Gasteiger partial charge in [-0.3, -0.25) is 9.59 Å². The second-order valence-electron chi connectivity index (χ2n) is 6.37. The first kappa shape index (κ1) is 19.4. The number of halogens is 1. The number of hydrogen-bond donors (Lipinski definition) is 1. The van der Waals surface area contributed by atoms with E-state index in [9.17, 15) is 18.0 Å². The van der Waals surface area contributed by atoms with Crippen molar-refractivity contribution < 1.29 is 18.0 Å². The van der Waals surface area contributed by atoms with E-state index in [1.165, 1.54) is 12.1 Å². The van der Waals surface area contributed by atoms with Crippen molar-refractivity contribution in [2.24, 2.45) is 0 Å². The number of rotatable bonds is 5. The molecule has 2 amide bonds. The van der Waals surface area contributed by atoms with Crippen molar-refractivity contribution in [2.75, 3.05) is 0 Å². The summed E-state index contributed by atoms with van der Waals surface area (Å²) in [6.45, 7) is 1.99. The first-order valence-corrected chi connectivity index (χ1v) is 10.3. The van der Waals surface area contributed by atoms with Gasteiger partial charge in [0.1, 0.15) is 6.04 Å². The molecule has 0 aliphatic carbocycles. The molecule has 1 fully saturated rings. The van der Waals surface area contributed by atoms with Crippen molar-refractivity contribution in [2.45, 2.75) is 37.2 Å². The molecular weight excluding hydrogens is 388 g/mol. The van der Waals surface area contributed by atoms with Crippen molar-refractivity contribution in [3.63, 3.8) is 0 Å². The normalized spacial score (nSPS) is 17.2. The van der Waals surface area contributed by atoms with E-state index in [4.69, 9.17) is 11.6 Å². The number of amides is 2. The van der Waals surface area contributed by atoms with Gasteiger partial charge in [-0.25, -0.2) is 12.7 Å². The third kappa shape index (κ3) is 3.99. The molecule has 6 nitrogen and oxygen atoms in total. The standard InChI is InChI=1S/C19H19ClN2O4S/c1-13-6-8-15(9-7-13)27(25,26)22-17(10-11-18(22)23)19(24)21-12-14-4-2-3-5-16(14)20/h2-9,17H,10-12H2,1H3,(H,21,24)/t17-/m0/s1. The largest absolute Gasteiger partial charge is 0.350 e. The molecule has 1 aliphatic rings. The van der Waals surface area contributed by atoms with Crippen molar-refractivity contribution in [1.29, 1.82) is 0 Å². The van der Waals surface area contributed by atoms with E-state index in [1.807, 2.05) is 6.92 Å². The van der Waals surface area contributed by atoms with Crippen LogP contribution in [0.15, 0.2) is 53.4 Å². The lowest BCUT2D eigenvalue weighted by Gasteiger charge is -2.24.